The van der Waals surface area contributed by atoms with Crippen LogP contribution in [-0.2, 0) is 12.8 Å². The van der Waals surface area contributed by atoms with Crippen LogP contribution >= 0.6 is 11.6 Å². The molecule has 0 N–H and O–H groups in total. The van der Waals surface area contributed by atoms with Gasteiger partial charge in [0.1, 0.15) is 0 Å². The lowest BCUT2D eigenvalue weighted by Crippen LogP contribution is -2.41. The maximum atomic E-state index is 13.9. The van der Waals surface area contributed by atoms with Gasteiger partial charge in [-0.15, -0.1) is 0 Å². The lowest BCUT2D eigenvalue weighted by molar-refractivity contribution is 0.0659. The number of carbonyl (C=O) groups excluding carboxylic acids is 1. The van der Waals surface area contributed by atoms with Crippen LogP contribution < -0.4 is 18.9 Å². The second kappa shape index (κ2) is 12.9. The van der Waals surface area contributed by atoms with Crippen molar-refractivity contribution in [1.82, 2.24) is 4.90 Å². The lowest BCUT2D eigenvalue weighted by Gasteiger charge is -2.38. The number of nitrogens with zero attached hydrogens (tertiary/aromatic N) is 1. The number of fused-ring (bicyclic) bond motifs is 1. The number of ether oxygens (including phenoxy) is 4. The zero-order chi connectivity index (χ0) is 27.1. The fraction of sp³-hybridized carbons (Fsp3) is 0.387. The minimum atomic E-state index is -0.232. The van der Waals surface area contributed by atoms with Gasteiger partial charge in [-0.25, -0.2) is 0 Å². The first-order chi connectivity index (χ1) is 18.5. The Labute approximate surface area is 230 Å². The average molecular weight is 538 g/mol. The predicted octanol–water partition coefficient (Wildman–Crippen LogP) is 6.92. The Bertz CT molecular complexity index is 1260. The van der Waals surface area contributed by atoms with E-state index in [1.165, 1.54) is 0 Å². The Morgan fingerprint density at radius 1 is 0.816 bits per heavy atom. The number of carbonyl (C=O) groups is 1. The van der Waals surface area contributed by atoms with Crippen molar-refractivity contribution < 1.29 is 23.7 Å². The van der Waals surface area contributed by atoms with E-state index >= 15 is 0 Å². The van der Waals surface area contributed by atoms with Crippen LogP contribution in [0.15, 0.2) is 54.6 Å². The first kappa shape index (κ1) is 27.6. The molecule has 1 atom stereocenters. The highest BCUT2D eigenvalue weighted by atomic mass is 35.5. The molecule has 0 bridgehead atoms. The Kier molecular flexibility index (Phi) is 9.40. The molecule has 0 saturated carbocycles. The maximum absolute atomic E-state index is 13.9. The first-order valence-corrected chi connectivity index (χ1v) is 13.7. The quantitative estimate of drug-likeness (QED) is 0.266. The van der Waals surface area contributed by atoms with Crippen molar-refractivity contribution in [1.29, 1.82) is 0 Å². The van der Waals surface area contributed by atoms with E-state index in [9.17, 15) is 4.79 Å². The summed E-state index contributed by atoms with van der Waals surface area (Å²) in [7, 11) is 0. The van der Waals surface area contributed by atoms with Crippen molar-refractivity contribution in [3.8, 4) is 23.0 Å². The fourth-order valence-electron chi connectivity index (χ4n) is 4.94. The van der Waals surface area contributed by atoms with Gasteiger partial charge in [0.05, 0.1) is 43.1 Å². The molecule has 0 fully saturated rings. The third-order valence-corrected chi connectivity index (χ3v) is 6.89. The second-order valence-corrected chi connectivity index (χ2v) is 9.37. The number of benzene rings is 3. The van der Waals surface area contributed by atoms with Gasteiger partial charge in [0.2, 0.25) is 0 Å². The van der Waals surface area contributed by atoms with E-state index in [1.807, 2.05) is 69.0 Å². The summed E-state index contributed by atoms with van der Waals surface area (Å²) in [4.78, 5) is 15.8. The Hall–Kier alpha value is -3.38. The summed E-state index contributed by atoms with van der Waals surface area (Å²) >= 11 is 6.46. The van der Waals surface area contributed by atoms with E-state index in [2.05, 4.69) is 6.07 Å². The molecule has 0 radical (unpaired) electrons. The number of amides is 1. The van der Waals surface area contributed by atoms with Crippen LogP contribution in [0.2, 0.25) is 5.02 Å². The van der Waals surface area contributed by atoms with E-state index in [0.717, 1.165) is 22.4 Å². The number of hydrogen-bond acceptors (Lipinski definition) is 5. The number of hydrogen-bond donors (Lipinski definition) is 0. The summed E-state index contributed by atoms with van der Waals surface area (Å²) in [5.74, 6) is 2.75. The normalized spacial score (nSPS) is 14.6. The molecule has 0 saturated heterocycles. The highest BCUT2D eigenvalue weighted by molar-refractivity contribution is 6.33. The highest BCUT2D eigenvalue weighted by Crippen LogP contribution is 2.41. The first-order valence-electron chi connectivity index (χ1n) is 13.4. The topological polar surface area (TPSA) is 57.2 Å². The Morgan fingerprint density at radius 3 is 2.08 bits per heavy atom. The molecule has 7 heteroatoms. The molecule has 3 aromatic rings. The zero-order valence-electron chi connectivity index (χ0n) is 22.6. The Morgan fingerprint density at radius 2 is 1.42 bits per heavy atom. The SMILES string of the molecule is CCOc1ccc(C[C@@H]2c3cc(OCC)c(OCC)cc3CCN2C(=O)c2ccccc2Cl)cc1OCC. The maximum Gasteiger partial charge on any atom is 0.255 e. The van der Waals surface area contributed by atoms with Gasteiger partial charge >= 0.3 is 0 Å². The Balaban J connectivity index is 1.79. The summed E-state index contributed by atoms with van der Waals surface area (Å²) in [6.45, 7) is 10.5. The molecule has 1 aliphatic heterocycles. The van der Waals surface area contributed by atoms with Gasteiger partial charge in [0.15, 0.2) is 23.0 Å². The van der Waals surface area contributed by atoms with Crippen LogP contribution in [0.1, 0.15) is 60.8 Å². The predicted molar refractivity (Wildman–Crippen MR) is 150 cm³/mol. The van der Waals surface area contributed by atoms with Gasteiger partial charge < -0.3 is 23.8 Å². The molecular formula is C31H36ClNO5. The van der Waals surface area contributed by atoms with Crippen LogP contribution in [-0.4, -0.2) is 43.8 Å². The molecule has 4 rings (SSSR count). The van der Waals surface area contributed by atoms with Gasteiger partial charge in [-0.1, -0.05) is 29.8 Å². The average Bonchev–Trinajstić information content (AvgIpc) is 2.91. The largest absolute Gasteiger partial charge is 0.490 e. The van der Waals surface area contributed by atoms with Gasteiger partial charge in [0.25, 0.3) is 5.91 Å². The lowest BCUT2D eigenvalue weighted by atomic mass is 9.87. The molecule has 3 aromatic carbocycles. The van der Waals surface area contributed by atoms with Crippen LogP contribution in [0, 0.1) is 0 Å². The molecule has 1 aliphatic rings. The number of rotatable bonds is 11. The summed E-state index contributed by atoms with van der Waals surface area (Å²) in [5.41, 5.74) is 3.75. The van der Waals surface area contributed by atoms with E-state index in [0.29, 0.717) is 73.6 Å². The molecular weight excluding hydrogens is 502 g/mol. The van der Waals surface area contributed by atoms with Crippen LogP contribution in [0.3, 0.4) is 0 Å². The third kappa shape index (κ3) is 6.02. The minimum Gasteiger partial charge on any atom is -0.490 e. The van der Waals surface area contributed by atoms with Gasteiger partial charge in [-0.05, 0) is 93.6 Å². The highest BCUT2D eigenvalue weighted by Gasteiger charge is 2.34. The van der Waals surface area contributed by atoms with E-state index in [-0.39, 0.29) is 11.9 Å². The standard InChI is InChI=1S/C31H36ClNO5/c1-5-35-27-14-13-21(18-28(27)36-6-2)17-26-24-20-30(38-8-4)29(37-7-3)19-22(24)15-16-33(26)31(34)23-11-9-10-12-25(23)32/h9-14,18-20,26H,5-8,15-17H2,1-4H3/t26-/m1/s1. The van der Waals surface area contributed by atoms with Crippen LogP contribution in [0.5, 0.6) is 23.0 Å². The molecule has 1 heterocycles. The summed E-state index contributed by atoms with van der Waals surface area (Å²) in [6, 6.07) is 17.1. The minimum absolute atomic E-state index is 0.0888. The monoisotopic (exact) mass is 537 g/mol. The molecule has 0 unspecified atom stereocenters. The van der Waals surface area contributed by atoms with Crippen molar-refractivity contribution in [2.75, 3.05) is 33.0 Å². The molecule has 1 amide bonds. The summed E-state index contributed by atoms with van der Waals surface area (Å²) in [5, 5.41) is 0.448. The smallest absolute Gasteiger partial charge is 0.255 e. The molecule has 38 heavy (non-hydrogen) atoms. The third-order valence-electron chi connectivity index (χ3n) is 6.56. The van der Waals surface area contributed by atoms with Crippen molar-refractivity contribution in [2.45, 2.75) is 46.6 Å². The molecule has 0 aliphatic carbocycles. The van der Waals surface area contributed by atoms with Crippen molar-refractivity contribution in [3.05, 3.63) is 81.9 Å². The van der Waals surface area contributed by atoms with Crippen LogP contribution in [0.25, 0.3) is 0 Å². The van der Waals surface area contributed by atoms with Crippen molar-refractivity contribution in [2.24, 2.45) is 0 Å². The van der Waals surface area contributed by atoms with Gasteiger partial charge in [-0.2, -0.15) is 0 Å². The summed E-state index contributed by atoms with van der Waals surface area (Å²) < 4.78 is 23.5. The molecule has 0 aromatic heterocycles. The summed E-state index contributed by atoms with van der Waals surface area (Å²) in [6.07, 6.45) is 1.30. The molecule has 0 spiro atoms. The van der Waals surface area contributed by atoms with Gasteiger partial charge in [-0.3, -0.25) is 4.79 Å². The van der Waals surface area contributed by atoms with Crippen LogP contribution in [0.4, 0.5) is 0 Å². The van der Waals surface area contributed by atoms with E-state index in [1.54, 1.807) is 12.1 Å². The molecule has 6 nitrogen and oxygen atoms in total. The van der Waals surface area contributed by atoms with Crippen molar-refractivity contribution >= 4 is 17.5 Å². The fourth-order valence-corrected chi connectivity index (χ4v) is 5.16. The van der Waals surface area contributed by atoms with Crippen molar-refractivity contribution in [3.63, 3.8) is 0 Å². The van der Waals surface area contributed by atoms with Gasteiger partial charge in [0, 0.05) is 6.54 Å². The number of halogens is 1. The van der Waals surface area contributed by atoms with E-state index in [4.69, 9.17) is 30.5 Å². The molecule has 202 valence electrons. The second-order valence-electron chi connectivity index (χ2n) is 8.96. The van der Waals surface area contributed by atoms with E-state index < -0.39 is 0 Å². The zero-order valence-corrected chi connectivity index (χ0v) is 23.3.